The van der Waals surface area contributed by atoms with Crippen LogP contribution in [0.2, 0.25) is 5.02 Å². The summed E-state index contributed by atoms with van der Waals surface area (Å²) in [6.07, 6.45) is 1.70. The van der Waals surface area contributed by atoms with Crippen LogP contribution in [0.1, 0.15) is 12.8 Å². The first-order valence-corrected chi connectivity index (χ1v) is 14.5. The predicted octanol–water partition coefficient (Wildman–Crippen LogP) is 5.76. The van der Waals surface area contributed by atoms with Gasteiger partial charge in [-0.15, -0.1) is 23.2 Å². The van der Waals surface area contributed by atoms with Crippen molar-refractivity contribution < 1.29 is 23.0 Å². The second-order valence-corrected chi connectivity index (χ2v) is 11.0. The average Bonchev–Trinajstić information content (AvgIpc) is 2.88. The zero-order valence-corrected chi connectivity index (χ0v) is 23.6. The number of hydrogen-bond acceptors (Lipinski definition) is 7. The number of nitrogens with one attached hydrogen (secondary N) is 2. The zero-order chi connectivity index (χ0) is 27.7. The minimum absolute atomic E-state index is 0.000732. The Morgan fingerprint density at radius 1 is 1.18 bits per heavy atom. The smallest absolute Gasteiger partial charge is 0.340 e. The van der Waals surface area contributed by atoms with Crippen molar-refractivity contribution in [3.05, 3.63) is 47.5 Å². The van der Waals surface area contributed by atoms with E-state index < -0.39 is 13.5 Å². The average molecular weight is 608 g/mol. The molecule has 0 saturated heterocycles. The van der Waals surface area contributed by atoms with Crippen molar-refractivity contribution in [2.24, 2.45) is 5.50 Å². The Balaban J connectivity index is 1.69. The molecule has 206 valence electrons. The number of fused-ring (bicyclic) bond motifs is 1. The Bertz CT molecular complexity index is 1320. The fourth-order valence-corrected chi connectivity index (χ4v) is 5.60. The number of ether oxygens (including phenoxy) is 1. The highest BCUT2D eigenvalue weighted by Gasteiger charge is 2.26. The van der Waals surface area contributed by atoms with Crippen LogP contribution < -0.4 is 20.9 Å². The minimum Gasteiger partial charge on any atom is -0.494 e. The van der Waals surface area contributed by atoms with E-state index in [4.69, 9.17) is 49.6 Å². The molecule has 3 aromatic rings. The van der Waals surface area contributed by atoms with Gasteiger partial charge < -0.3 is 19.9 Å². The van der Waals surface area contributed by atoms with Gasteiger partial charge in [0.25, 0.3) is 0 Å². The van der Waals surface area contributed by atoms with Gasteiger partial charge in [-0.25, -0.2) is 24.5 Å². The molecule has 10 nitrogen and oxygen atoms in total. The van der Waals surface area contributed by atoms with E-state index in [-0.39, 0.29) is 55.2 Å². The van der Waals surface area contributed by atoms with Gasteiger partial charge in [-0.3, -0.25) is 9.36 Å². The minimum atomic E-state index is -3.58. The van der Waals surface area contributed by atoms with Crippen molar-refractivity contribution in [1.29, 1.82) is 0 Å². The van der Waals surface area contributed by atoms with Gasteiger partial charge in [0.05, 0.1) is 29.9 Å². The second kappa shape index (κ2) is 14.2. The summed E-state index contributed by atoms with van der Waals surface area (Å²) >= 11 is 17.3. The summed E-state index contributed by atoms with van der Waals surface area (Å²) in [5, 5.41) is 6.43. The number of anilines is 3. The van der Waals surface area contributed by atoms with Crippen molar-refractivity contribution in [3.63, 3.8) is 0 Å². The van der Waals surface area contributed by atoms with Gasteiger partial charge in [0.2, 0.25) is 5.91 Å². The third kappa shape index (κ3) is 8.13. The van der Waals surface area contributed by atoms with Crippen LogP contribution in [-0.4, -0.2) is 59.1 Å². The number of halogens is 4. The Morgan fingerprint density at radius 3 is 2.58 bits per heavy atom. The van der Waals surface area contributed by atoms with E-state index in [2.05, 4.69) is 20.6 Å². The number of carbonyl (C=O) groups excluding carboxylic acids is 1. The fraction of sp³-hybridized carbons (Fsp3) is 0.348. The largest absolute Gasteiger partial charge is 0.494 e. The summed E-state index contributed by atoms with van der Waals surface area (Å²) in [7, 11) is -2.11. The predicted molar refractivity (Wildman–Crippen MR) is 149 cm³/mol. The van der Waals surface area contributed by atoms with Crippen molar-refractivity contribution >= 4 is 76.5 Å². The fourth-order valence-electron chi connectivity index (χ4n) is 3.47. The van der Waals surface area contributed by atoms with Gasteiger partial charge in [-0.2, -0.15) is 0 Å². The highest BCUT2D eigenvalue weighted by atomic mass is 35.5. The van der Waals surface area contributed by atoms with Crippen LogP contribution in [0.3, 0.4) is 0 Å². The molecule has 0 aliphatic carbocycles. The third-order valence-corrected chi connectivity index (χ3v) is 7.69. The van der Waals surface area contributed by atoms with Gasteiger partial charge in [0.1, 0.15) is 23.7 Å². The molecule has 38 heavy (non-hydrogen) atoms. The lowest BCUT2D eigenvalue weighted by Crippen LogP contribution is -2.29. The molecular weight excluding hydrogens is 581 g/mol. The molecule has 0 saturated carbocycles. The Labute approximate surface area is 234 Å². The first-order valence-electron chi connectivity index (χ1n) is 11.4. The number of amides is 1. The SMILES string of the molecule is COc1cc2ncnc(Nc3ccc(F)c(Cl)c3)c2cc1NC(=O)CCCOP(N)(=O)N(CCCl)CCCl. The number of methoxy groups -OCH3 is 1. The molecule has 0 radical (unpaired) electrons. The van der Waals surface area contributed by atoms with Crippen LogP contribution in [-0.2, 0) is 13.9 Å². The van der Waals surface area contributed by atoms with Crippen molar-refractivity contribution in [2.75, 3.05) is 49.2 Å². The zero-order valence-electron chi connectivity index (χ0n) is 20.4. The molecule has 1 heterocycles. The number of nitrogens with two attached hydrogens (primary N) is 1. The quantitative estimate of drug-likeness (QED) is 0.119. The van der Waals surface area contributed by atoms with E-state index in [1.54, 1.807) is 12.1 Å². The summed E-state index contributed by atoms with van der Waals surface area (Å²) in [4.78, 5) is 21.2. The van der Waals surface area contributed by atoms with E-state index in [9.17, 15) is 13.8 Å². The van der Waals surface area contributed by atoms with E-state index in [1.807, 2.05) is 0 Å². The van der Waals surface area contributed by atoms with E-state index in [1.165, 1.54) is 36.3 Å². The highest BCUT2D eigenvalue weighted by molar-refractivity contribution is 7.53. The number of alkyl halides is 2. The molecule has 2 aromatic carbocycles. The third-order valence-electron chi connectivity index (χ3n) is 5.32. The molecule has 1 aromatic heterocycles. The first-order chi connectivity index (χ1) is 18.2. The molecule has 3 rings (SSSR count). The van der Waals surface area contributed by atoms with Gasteiger partial charge in [0, 0.05) is 48.4 Å². The van der Waals surface area contributed by atoms with Crippen LogP contribution in [0.25, 0.3) is 10.9 Å². The van der Waals surface area contributed by atoms with Crippen LogP contribution in [0, 0.1) is 5.82 Å². The number of benzene rings is 2. The number of rotatable bonds is 14. The van der Waals surface area contributed by atoms with Gasteiger partial charge in [-0.05, 0) is 30.7 Å². The Morgan fingerprint density at radius 2 is 1.92 bits per heavy atom. The molecule has 0 bridgehead atoms. The van der Waals surface area contributed by atoms with Gasteiger partial charge in [-0.1, -0.05) is 11.6 Å². The van der Waals surface area contributed by atoms with Crippen LogP contribution in [0.5, 0.6) is 5.75 Å². The molecule has 0 aliphatic heterocycles. The standard InChI is InChI=1S/C23H27Cl3FN6O4P/c1-36-21-13-19-16(23(30-14-29-19)31-15-4-5-18(27)17(26)11-15)12-20(21)32-22(34)3-2-10-37-38(28,35)33(8-6-24)9-7-25/h4-5,11-14H,2-3,6-10H2,1H3,(H2,28,35)(H,32,34)(H,29,30,31). The maximum atomic E-state index is 13.5. The van der Waals surface area contributed by atoms with Crippen LogP contribution in [0.4, 0.5) is 21.6 Å². The monoisotopic (exact) mass is 606 g/mol. The first kappa shape index (κ1) is 30.3. The summed E-state index contributed by atoms with van der Waals surface area (Å²) < 4.78 is 38.4. The molecule has 1 atom stereocenters. The van der Waals surface area contributed by atoms with E-state index in [0.717, 1.165) is 0 Å². The normalized spacial score (nSPS) is 12.9. The van der Waals surface area contributed by atoms with E-state index >= 15 is 0 Å². The molecule has 1 unspecified atom stereocenters. The number of hydrogen-bond donors (Lipinski definition) is 3. The molecular formula is C23H27Cl3FN6O4P. The molecule has 0 fully saturated rings. The topological polar surface area (TPSA) is 132 Å². The second-order valence-electron chi connectivity index (χ2n) is 7.93. The number of aromatic nitrogens is 2. The number of nitrogens with zero attached hydrogens (tertiary/aromatic N) is 3. The van der Waals surface area contributed by atoms with Crippen molar-refractivity contribution in [2.45, 2.75) is 12.8 Å². The molecule has 0 aliphatic rings. The van der Waals surface area contributed by atoms with E-state index in [0.29, 0.717) is 33.8 Å². The summed E-state index contributed by atoms with van der Waals surface area (Å²) in [6.45, 7) is 0.525. The van der Waals surface area contributed by atoms with Crippen LogP contribution >= 0.6 is 42.5 Å². The maximum absolute atomic E-state index is 13.5. The highest BCUT2D eigenvalue weighted by Crippen LogP contribution is 2.42. The van der Waals surface area contributed by atoms with Crippen molar-refractivity contribution in [1.82, 2.24) is 14.6 Å². The summed E-state index contributed by atoms with van der Waals surface area (Å²) in [5.41, 5.74) is 7.29. The lowest BCUT2D eigenvalue weighted by molar-refractivity contribution is -0.116. The molecule has 1 amide bonds. The molecule has 15 heteroatoms. The lowest BCUT2D eigenvalue weighted by atomic mass is 10.1. The van der Waals surface area contributed by atoms with Crippen molar-refractivity contribution in [3.8, 4) is 5.75 Å². The maximum Gasteiger partial charge on any atom is 0.340 e. The molecule has 0 spiro atoms. The molecule has 4 N–H and O–H groups in total. The Hall–Kier alpha value is -2.24. The van der Waals surface area contributed by atoms with Gasteiger partial charge in [0.15, 0.2) is 0 Å². The number of carbonyl (C=O) groups is 1. The lowest BCUT2D eigenvalue weighted by Gasteiger charge is -2.26. The summed E-state index contributed by atoms with van der Waals surface area (Å²) in [5.74, 6) is 0.381. The Kier molecular flexibility index (Phi) is 11.3. The van der Waals surface area contributed by atoms with Crippen LogP contribution in [0.15, 0.2) is 36.7 Å². The summed E-state index contributed by atoms with van der Waals surface area (Å²) in [6, 6.07) is 7.52. The van der Waals surface area contributed by atoms with Gasteiger partial charge >= 0.3 is 7.67 Å².